The van der Waals surface area contributed by atoms with Crippen molar-refractivity contribution in [1.82, 2.24) is 0 Å². The molecule has 2 atom stereocenters. The molecule has 90 valence electrons. The second-order valence-electron chi connectivity index (χ2n) is 5.58. The number of hydrogen-bond acceptors (Lipinski definition) is 3. The van der Waals surface area contributed by atoms with E-state index >= 15 is 0 Å². The van der Waals surface area contributed by atoms with Gasteiger partial charge in [-0.15, -0.1) is 0 Å². The standard InChI is InChI=1S/C14H16O3/c1-9-5-7-10(8-6-9)14-12(2,3)16-11(15)13(14,4)17-14/h5-8H,1-4H3/t13-,14+/m0/s1. The molecule has 2 saturated heterocycles. The zero-order valence-corrected chi connectivity index (χ0v) is 10.5. The Bertz CT molecular complexity index is 503. The predicted molar refractivity (Wildman–Crippen MR) is 62.5 cm³/mol. The van der Waals surface area contributed by atoms with Crippen LogP contribution < -0.4 is 0 Å². The lowest BCUT2D eigenvalue weighted by Crippen LogP contribution is -2.37. The molecule has 3 heteroatoms. The molecule has 0 amide bonds. The van der Waals surface area contributed by atoms with E-state index in [1.807, 2.05) is 52.0 Å². The normalized spacial score (nSPS) is 37.5. The molecule has 1 aromatic rings. The lowest BCUT2D eigenvalue weighted by molar-refractivity contribution is -0.163. The van der Waals surface area contributed by atoms with E-state index in [-0.39, 0.29) is 5.97 Å². The summed E-state index contributed by atoms with van der Waals surface area (Å²) < 4.78 is 11.2. The lowest BCUT2D eigenvalue weighted by atomic mass is 9.78. The average Bonchev–Trinajstić information content (AvgIpc) is 2.85. The Balaban J connectivity index is 2.14. The summed E-state index contributed by atoms with van der Waals surface area (Å²) in [5.41, 5.74) is 0.155. The molecule has 0 bridgehead atoms. The van der Waals surface area contributed by atoms with Crippen LogP contribution in [-0.4, -0.2) is 17.2 Å². The van der Waals surface area contributed by atoms with Crippen LogP contribution >= 0.6 is 0 Å². The first-order valence-electron chi connectivity index (χ1n) is 5.84. The molecule has 0 radical (unpaired) electrons. The second-order valence-corrected chi connectivity index (χ2v) is 5.58. The van der Waals surface area contributed by atoms with Gasteiger partial charge in [0.25, 0.3) is 0 Å². The number of ether oxygens (including phenoxy) is 2. The van der Waals surface area contributed by atoms with Gasteiger partial charge < -0.3 is 9.47 Å². The summed E-state index contributed by atoms with van der Waals surface area (Å²) >= 11 is 0. The first-order chi connectivity index (χ1) is 7.83. The van der Waals surface area contributed by atoms with E-state index < -0.39 is 16.8 Å². The van der Waals surface area contributed by atoms with Gasteiger partial charge in [0.1, 0.15) is 5.60 Å². The summed E-state index contributed by atoms with van der Waals surface area (Å²) in [5, 5.41) is 0. The largest absolute Gasteiger partial charge is 0.454 e. The molecule has 1 aromatic carbocycles. The molecule has 0 spiro atoms. The predicted octanol–water partition coefficient (Wildman–Crippen LogP) is 2.31. The fraction of sp³-hybridized carbons (Fsp3) is 0.500. The van der Waals surface area contributed by atoms with Crippen molar-refractivity contribution in [3.63, 3.8) is 0 Å². The molecule has 3 rings (SSSR count). The Hall–Kier alpha value is -1.35. The van der Waals surface area contributed by atoms with Crippen LogP contribution in [0.4, 0.5) is 0 Å². The molecule has 0 N–H and O–H groups in total. The quantitative estimate of drug-likeness (QED) is 0.551. The maximum atomic E-state index is 11.9. The fourth-order valence-electron chi connectivity index (χ4n) is 3.03. The van der Waals surface area contributed by atoms with Crippen molar-refractivity contribution >= 4 is 5.97 Å². The molecule has 0 aliphatic carbocycles. The molecule has 2 heterocycles. The number of hydrogen-bond donors (Lipinski definition) is 0. The Kier molecular flexibility index (Phi) is 1.73. The first-order valence-corrected chi connectivity index (χ1v) is 5.84. The van der Waals surface area contributed by atoms with Crippen molar-refractivity contribution in [3.8, 4) is 0 Å². The van der Waals surface area contributed by atoms with Crippen LogP contribution in [0.3, 0.4) is 0 Å². The number of carbonyl (C=O) groups is 1. The van der Waals surface area contributed by atoms with E-state index in [1.165, 1.54) is 5.56 Å². The first kappa shape index (κ1) is 10.8. The van der Waals surface area contributed by atoms with Gasteiger partial charge in [0.15, 0.2) is 5.60 Å². The Morgan fingerprint density at radius 3 is 2.06 bits per heavy atom. The third kappa shape index (κ3) is 1.03. The molecule has 3 nitrogen and oxygen atoms in total. The summed E-state index contributed by atoms with van der Waals surface area (Å²) in [4.78, 5) is 11.9. The lowest BCUT2D eigenvalue weighted by Gasteiger charge is -2.27. The molecule has 0 unspecified atom stereocenters. The van der Waals surface area contributed by atoms with Crippen molar-refractivity contribution in [2.45, 2.75) is 44.5 Å². The Morgan fingerprint density at radius 1 is 1.06 bits per heavy atom. The monoisotopic (exact) mass is 232 g/mol. The van der Waals surface area contributed by atoms with E-state index in [9.17, 15) is 4.79 Å². The topological polar surface area (TPSA) is 38.8 Å². The van der Waals surface area contributed by atoms with E-state index in [4.69, 9.17) is 9.47 Å². The van der Waals surface area contributed by atoms with Crippen molar-refractivity contribution in [3.05, 3.63) is 35.4 Å². The van der Waals surface area contributed by atoms with E-state index in [2.05, 4.69) is 0 Å². The summed E-state index contributed by atoms with van der Waals surface area (Å²) in [6.07, 6.45) is 0. The maximum Gasteiger partial charge on any atom is 0.342 e. The SMILES string of the molecule is Cc1ccc([C@]23O[C@@]2(C)C(=O)OC3(C)C)cc1. The summed E-state index contributed by atoms with van der Waals surface area (Å²) in [7, 11) is 0. The highest BCUT2D eigenvalue weighted by Gasteiger charge is 2.85. The summed E-state index contributed by atoms with van der Waals surface area (Å²) in [5.74, 6) is -0.261. The van der Waals surface area contributed by atoms with Crippen LogP contribution in [0.25, 0.3) is 0 Å². The summed E-state index contributed by atoms with van der Waals surface area (Å²) in [6, 6.07) is 8.10. The van der Waals surface area contributed by atoms with Gasteiger partial charge in [0.05, 0.1) is 0 Å². The van der Waals surface area contributed by atoms with E-state index in [0.29, 0.717) is 0 Å². The van der Waals surface area contributed by atoms with Gasteiger partial charge >= 0.3 is 5.97 Å². The van der Waals surface area contributed by atoms with Gasteiger partial charge in [-0.05, 0) is 33.3 Å². The van der Waals surface area contributed by atoms with Crippen LogP contribution in [0.15, 0.2) is 24.3 Å². The van der Waals surface area contributed by atoms with Crippen LogP contribution in [0.1, 0.15) is 31.9 Å². The molecule has 2 aliphatic heterocycles. The Labute approximate surface area is 101 Å². The van der Waals surface area contributed by atoms with Crippen LogP contribution in [0.5, 0.6) is 0 Å². The molecule has 2 fully saturated rings. The number of esters is 1. The van der Waals surface area contributed by atoms with E-state index in [0.717, 1.165) is 5.56 Å². The zero-order chi connectivity index (χ0) is 12.5. The van der Waals surface area contributed by atoms with Crippen molar-refractivity contribution < 1.29 is 14.3 Å². The number of fused-ring (bicyclic) bond motifs is 1. The summed E-state index contributed by atoms with van der Waals surface area (Å²) in [6.45, 7) is 7.66. The van der Waals surface area contributed by atoms with Gasteiger partial charge in [0, 0.05) is 0 Å². The van der Waals surface area contributed by atoms with E-state index in [1.54, 1.807) is 0 Å². The Morgan fingerprint density at radius 2 is 1.65 bits per heavy atom. The average molecular weight is 232 g/mol. The number of epoxide rings is 1. The third-order valence-corrected chi connectivity index (χ3v) is 4.03. The molecule has 2 aliphatic rings. The van der Waals surface area contributed by atoms with Gasteiger partial charge in [-0.1, -0.05) is 29.8 Å². The number of carbonyl (C=O) groups excluding carboxylic acids is 1. The minimum atomic E-state index is -0.814. The van der Waals surface area contributed by atoms with Gasteiger partial charge in [-0.25, -0.2) is 4.79 Å². The maximum absolute atomic E-state index is 11.9. The highest BCUT2D eigenvalue weighted by Crippen LogP contribution is 2.67. The molecule has 0 aromatic heterocycles. The second kappa shape index (κ2) is 2.72. The van der Waals surface area contributed by atoms with Crippen molar-refractivity contribution in [2.75, 3.05) is 0 Å². The molecular formula is C14H16O3. The van der Waals surface area contributed by atoms with Gasteiger partial charge in [-0.3, -0.25) is 0 Å². The zero-order valence-electron chi connectivity index (χ0n) is 10.5. The molecule has 0 saturated carbocycles. The minimum Gasteiger partial charge on any atom is -0.454 e. The number of rotatable bonds is 1. The highest BCUT2D eigenvalue weighted by molar-refractivity contribution is 5.89. The van der Waals surface area contributed by atoms with Crippen LogP contribution in [0.2, 0.25) is 0 Å². The highest BCUT2D eigenvalue weighted by atomic mass is 16.7. The number of benzene rings is 1. The van der Waals surface area contributed by atoms with Gasteiger partial charge in [-0.2, -0.15) is 0 Å². The smallest absolute Gasteiger partial charge is 0.342 e. The van der Waals surface area contributed by atoms with Crippen LogP contribution in [-0.2, 0) is 19.9 Å². The van der Waals surface area contributed by atoms with Gasteiger partial charge in [0.2, 0.25) is 5.60 Å². The molecular weight excluding hydrogens is 216 g/mol. The number of aryl methyl sites for hydroxylation is 1. The minimum absolute atomic E-state index is 0.261. The fourth-order valence-corrected chi connectivity index (χ4v) is 3.03. The number of cyclic esters (lactones) is 1. The third-order valence-electron chi connectivity index (χ3n) is 4.03. The molecule has 17 heavy (non-hydrogen) atoms. The van der Waals surface area contributed by atoms with Crippen LogP contribution in [0, 0.1) is 6.92 Å². The van der Waals surface area contributed by atoms with Crippen molar-refractivity contribution in [1.29, 1.82) is 0 Å². The van der Waals surface area contributed by atoms with Crippen molar-refractivity contribution in [2.24, 2.45) is 0 Å².